The predicted molar refractivity (Wildman–Crippen MR) is 72.7 cm³/mol. The summed E-state index contributed by atoms with van der Waals surface area (Å²) in [6.07, 6.45) is 3.81. The first-order valence-corrected chi connectivity index (χ1v) is 6.73. The van der Waals surface area contributed by atoms with Crippen LogP contribution >= 0.6 is 15.9 Å². The Labute approximate surface area is 106 Å². The van der Waals surface area contributed by atoms with Gasteiger partial charge in [-0.25, -0.2) is 0 Å². The van der Waals surface area contributed by atoms with E-state index in [1.54, 1.807) is 0 Å². The Balaban J connectivity index is 2.11. The molecule has 88 valence electrons. The Morgan fingerprint density at radius 1 is 1.44 bits per heavy atom. The summed E-state index contributed by atoms with van der Waals surface area (Å²) in [5.74, 6) is 0.637. The first kappa shape index (κ1) is 11.9. The fourth-order valence-corrected chi connectivity index (χ4v) is 2.82. The third-order valence-electron chi connectivity index (χ3n) is 3.50. The van der Waals surface area contributed by atoms with Gasteiger partial charge < -0.3 is 11.1 Å². The quantitative estimate of drug-likeness (QED) is 0.893. The van der Waals surface area contributed by atoms with Gasteiger partial charge >= 0.3 is 0 Å². The molecule has 3 N–H and O–H groups in total. The number of anilines is 1. The number of aryl methyl sites for hydroxylation is 1. The normalized spacial score (nSPS) is 24.7. The smallest absolute Gasteiger partial charge is 0.0383 e. The fraction of sp³-hybridized carbons (Fsp3) is 0.538. The molecule has 3 heteroatoms. The molecule has 0 amide bonds. The zero-order valence-electron chi connectivity index (χ0n) is 9.67. The summed E-state index contributed by atoms with van der Waals surface area (Å²) >= 11 is 3.51. The van der Waals surface area contributed by atoms with Crippen molar-refractivity contribution in [2.45, 2.75) is 32.2 Å². The van der Waals surface area contributed by atoms with Gasteiger partial charge in [-0.15, -0.1) is 0 Å². The van der Waals surface area contributed by atoms with Crippen LogP contribution in [0.3, 0.4) is 0 Å². The average Bonchev–Trinajstić information content (AvgIpc) is 2.71. The molecular formula is C13H19BrN2. The highest BCUT2D eigenvalue weighted by Gasteiger charge is 2.25. The molecule has 0 heterocycles. The predicted octanol–water partition coefficient (Wildman–Crippen LogP) is 3.30. The lowest BCUT2D eigenvalue weighted by Gasteiger charge is -2.22. The topological polar surface area (TPSA) is 38.0 Å². The third-order valence-corrected chi connectivity index (χ3v) is 4.00. The maximum Gasteiger partial charge on any atom is 0.0383 e. The molecule has 0 bridgehead atoms. The highest BCUT2D eigenvalue weighted by molar-refractivity contribution is 9.10. The van der Waals surface area contributed by atoms with Crippen molar-refractivity contribution < 1.29 is 0 Å². The van der Waals surface area contributed by atoms with Crippen molar-refractivity contribution in [1.29, 1.82) is 0 Å². The zero-order chi connectivity index (χ0) is 11.5. The van der Waals surface area contributed by atoms with Crippen LogP contribution in [0.25, 0.3) is 0 Å². The summed E-state index contributed by atoms with van der Waals surface area (Å²) in [6, 6.07) is 6.92. The van der Waals surface area contributed by atoms with E-state index >= 15 is 0 Å². The lowest BCUT2D eigenvalue weighted by Crippen LogP contribution is -2.29. The molecule has 1 aromatic rings. The molecule has 0 aromatic heterocycles. The average molecular weight is 283 g/mol. The van der Waals surface area contributed by atoms with Crippen molar-refractivity contribution in [2.75, 3.05) is 11.9 Å². The van der Waals surface area contributed by atoms with E-state index in [9.17, 15) is 0 Å². The van der Waals surface area contributed by atoms with Crippen LogP contribution in [0.4, 0.5) is 5.69 Å². The van der Waals surface area contributed by atoms with Crippen LogP contribution in [-0.2, 0) is 0 Å². The number of hydrogen-bond donors (Lipinski definition) is 2. The van der Waals surface area contributed by atoms with Crippen LogP contribution in [0.15, 0.2) is 22.7 Å². The Kier molecular flexibility index (Phi) is 3.87. The number of nitrogens with one attached hydrogen (secondary N) is 1. The van der Waals surface area contributed by atoms with Gasteiger partial charge in [-0.1, -0.05) is 28.4 Å². The van der Waals surface area contributed by atoms with Gasteiger partial charge in [-0.05, 0) is 49.9 Å². The second-order valence-corrected chi connectivity index (χ2v) is 5.55. The van der Waals surface area contributed by atoms with Crippen molar-refractivity contribution in [3.05, 3.63) is 28.2 Å². The van der Waals surface area contributed by atoms with E-state index in [1.807, 2.05) is 0 Å². The number of rotatable bonds is 3. The van der Waals surface area contributed by atoms with Gasteiger partial charge in [0.2, 0.25) is 0 Å². The van der Waals surface area contributed by atoms with Crippen molar-refractivity contribution >= 4 is 21.6 Å². The highest BCUT2D eigenvalue weighted by atomic mass is 79.9. The second kappa shape index (κ2) is 5.19. The molecule has 0 radical (unpaired) electrons. The van der Waals surface area contributed by atoms with E-state index in [-0.39, 0.29) is 0 Å². The van der Waals surface area contributed by atoms with Crippen LogP contribution in [0.1, 0.15) is 24.8 Å². The van der Waals surface area contributed by atoms with Gasteiger partial charge in [0, 0.05) is 16.2 Å². The van der Waals surface area contributed by atoms with E-state index < -0.39 is 0 Å². The summed E-state index contributed by atoms with van der Waals surface area (Å²) in [6.45, 7) is 2.94. The van der Waals surface area contributed by atoms with Crippen molar-refractivity contribution in [2.24, 2.45) is 11.7 Å². The lowest BCUT2D eigenvalue weighted by atomic mass is 10.0. The van der Waals surface area contributed by atoms with Gasteiger partial charge in [0.05, 0.1) is 0 Å². The fourth-order valence-electron chi connectivity index (χ4n) is 2.46. The minimum Gasteiger partial charge on any atom is -0.382 e. The van der Waals surface area contributed by atoms with E-state index in [0.29, 0.717) is 12.0 Å². The third kappa shape index (κ3) is 2.58. The highest BCUT2D eigenvalue weighted by Crippen LogP contribution is 2.29. The van der Waals surface area contributed by atoms with Gasteiger partial charge in [0.1, 0.15) is 0 Å². The summed E-state index contributed by atoms with van der Waals surface area (Å²) < 4.78 is 1.13. The minimum atomic E-state index is 0.554. The maximum atomic E-state index is 5.80. The van der Waals surface area contributed by atoms with Crippen LogP contribution in [0.2, 0.25) is 0 Å². The summed E-state index contributed by atoms with van der Waals surface area (Å²) in [5, 5.41) is 3.64. The van der Waals surface area contributed by atoms with Gasteiger partial charge in [0.15, 0.2) is 0 Å². The van der Waals surface area contributed by atoms with Crippen molar-refractivity contribution in [1.82, 2.24) is 0 Å². The van der Waals surface area contributed by atoms with Crippen LogP contribution in [0, 0.1) is 12.8 Å². The molecule has 1 aromatic carbocycles. The summed E-state index contributed by atoms with van der Waals surface area (Å²) in [7, 11) is 0. The molecule has 0 spiro atoms. The molecule has 0 aliphatic heterocycles. The SMILES string of the molecule is Cc1ccc(Br)cc1NC1CCCC1CN. The van der Waals surface area contributed by atoms with E-state index in [0.717, 1.165) is 11.0 Å². The maximum absolute atomic E-state index is 5.80. The molecule has 2 rings (SSSR count). The molecule has 16 heavy (non-hydrogen) atoms. The largest absolute Gasteiger partial charge is 0.382 e. The Bertz CT molecular complexity index is 365. The first-order chi connectivity index (χ1) is 7.70. The molecule has 2 unspecified atom stereocenters. The molecule has 1 fully saturated rings. The van der Waals surface area contributed by atoms with Gasteiger partial charge in [-0.3, -0.25) is 0 Å². The first-order valence-electron chi connectivity index (χ1n) is 5.93. The summed E-state index contributed by atoms with van der Waals surface area (Å²) in [4.78, 5) is 0. The molecule has 2 atom stereocenters. The Morgan fingerprint density at radius 2 is 2.25 bits per heavy atom. The standard InChI is InChI=1S/C13H19BrN2/c1-9-5-6-11(14)7-13(9)16-12-4-2-3-10(12)8-15/h5-7,10,12,16H,2-4,8,15H2,1H3. The monoisotopic (exact) mass is 282 g/mol. The Morgan fingerprint density at radius 3 is 3.00 bits per heavy atom. The van der Waals surface area contributed by atoms with E-state index in [1.165, 1.54) is 30.5 Å². The van der Waals surface area contributed by atoms with Crippen LogP contribution < -0.4 is 11.1 Å². The molecule has 1 aliphatic rings. The molecule has 1 aliphatic carbocycles. The number of hydrogen-bond acceptors (Lipinski definition) is 2. The Hall–Kier alpha value is -0.540. The number of nitrogens with two attached hydrogens (primary N) is 1. The lowest BCUT2D eigenvalue weighted by molar-refractivity contribution is 0.516. The second-order valence-electron chi connectivity index (χ2n) is 4.64. The van der Waals surface area contributed by atoms with Crippen molar-refractivity contribution in [3.8, 4) is 0 Å². The van der Waals surface area contributed by atoms with Gasteiger partial charge in [0.25, 0.3) is 0 Å². The van der Waals surface area contributed by atoms with E-state index in [4.69, 9.17) is 5.73 Å². The molecular weight excluding hydrogens is 264 g/mol. The number of benzene rings is 1. The molecule has 2 nitrogen and oxygen atoms in total. The minimum absolute atomic E-state index is 0.554. The molecule has 1 saturated carbocycles. The van der Waals surface area contributed by atoms with E-state index in [2.05, 4.69) is 46.4 Å². The summed E-state index contributed by atoms with van der Waals surface area (Å²) in [5.41, 5.74) is 8.33. The van der Waals surface area contributed by atoms with Crippen molar-refractivity contribution in [3.63, 3.8) is 0 Å². The van der Waals surface area contributed by atoms with Crippen LogP contribution in [0.5, 0.6) is 0 Å². The zero-order valence-corrected chi connectivity index (χ0v) is 11.3. The number of halogens is 1. The van der Waals surface area contributed by atoms with Gasteiger partial charge in [-0.2, -0.15) is 0 Å². The molecule has 0 saturated heterocycles. The van der Waals surface area contributed by atoms with Crippen LogP contribution in [-0.4, -0.2) is 12.6 Å².